The van der Waals surface area contributed by atoms with Gasteiger partial charge in [0, 0.05) is 43.9 Å². The van der Waals surface area contributed by atoms with Crippen molar-refractivity contribution < 1.29 is 9.18 Å². The van der Waals surface area contributed by atoms with Gasteiger partial charge in [-0.2, -0.15) is 5.26 Å². The van der Waals surface area contributed by atoms with E-state index in [1.54, 1.807) is 41.3 Å². The van der Waals surface area contributed by atoms with E-state index in [0.29, 0.717) is 36.3 Å². The predicted molar refractivity (Wildman–Crippen MR) is 88.7 cm³/mol. The third-order valence-corrected chi connectivity index (χ3v) is 4.27. The molecule has 122 valence electrons. The first-order chi connectivity index (χ1) is 11.7. The van der Waals surface area contributed by atoms with Gasteiger partial charge in [-0.25, -0.2) is 4.39 Å². The lowest BCUT2D eigenvalue weighted by atomic mass is 10.1. The van der Waals surface area contributed by atoms with Gasteiger partial charge < -0.3 is 4.90 Å². The molecule has 5 heteroatoms. The van der Waals surface area contributed by atoms with Crippen LogP contribution in [0.1, 0.15) is 21.5 Å². The zero-order chi connectivity index (χ0) is 16.9. The van der Waals surface area contributed by atoms with Crippen LogP contribution in [0.4, 0.5) is 4.39 Å². The van der Waals surface area contributed by atoms with Gasteiger partial charge in [-0.15, -0.1) is 0 Å². The average Bonchev–Trinajstić information content (AvgIpc) is 2.64. The summed E-state index contributed by atoms with van der Waals surface area (Å²) in [6, 6.07) is 15.5. The molecule has 1 aliphatic rings. The van der Waals surface area contributed by atoms with Crippen molar-refractivity contribution in [2.45, 2.75) is 6.54 Å². The summed E-state index contributed by atoms with van der Waals surface area (Å²) in [5.74, 6) is -0.210. The van der Waals surface area contributed by atoms with Gasteiger partial charge in [-0.05, 0) is 30.3 Å². The number of nitrogens with zero attached hydrogens (tertiary/aromatic N) is 3. The van der Waals surface area contributed by atoms with Gasteiger partial charge in [0.15, 0.2) is 0 Å². The first-order valence-corrected chi connectivity index (χ1v) is 7.92. The Kier molecular flexibility index (Phi) is 4.88. The highest BCUT2D eigenvalue weighted by atomic mass is 19.1. The van der Waals surface area contributed by atoms with Gasteiger partial charge in [0.05, 0.1) is 11.6 Å². The normalized spacial score (nSPS) is 15.1. The van der Waals surface area contributed by atoms with Crippen molar-refractivity contribution in [2.24, 2.45) is 0 Å². The molecule has 1 aliphatic heterocycles. The summed E-state index contributed by atoms with van der Waals surface area (Å²) in [7, 11) is 0. The smallest absolute Gasteiger partial charge is 0.253 e. The van der Waals surface area contributed by atoms with E-state index in [1.165, 1.54) is 6.07 Å². The second kappa shape index (κ2) is 7.24. The van der Waals surface area contributed by atoms with Gasteiger partial charge in [-0.3, -0.25) is 9.69 Å². The molecule has 0 spiro atoms. The van der Waals surface area contributed by atoms with Crippen molar-refractivity contribution in [2.75, 3.05) is 26.2 Å². The monoisotopic (exact) mass is 323 g/mol. The molecule has 0 atom stereocenters. The van der Waals surface area contributed by atoms with Crippen molar-refractivity contribution in [1.82, 2.24) is 9.80 Å². The van der Waals surface area contributed by atoms with E-state index in [1.807, 2.05) is 12.1 Å². The number of hydrogen-bond donors (Lipinski definition) is 0. The second-order valence-corrected chi connectivity index (χ2v) is 5.85. The zero-order valence-electron chi connectivity index (χ0n) is 13.3. The van der Waals surface area contributed by atoms with Crippen molar-refractivity contribution in [3.05, 3.63) is 71.0 Å². The molecular weight excluding hydrogens is 305 g/mol. The molecule has 1 amide bonds. The number of nitriles is 1. The Balaban J connectivity index is 1.57. The largest absolute Gasteiger partial charge is 0.336 e. The second-order valence-electron chi connectivity index (χ2n) is 5.85. The average molecular weight is 323 g/mol. The minimum Gasteiger partial charge on any atom is -0.336 e. The lowest BCUT2D eigenvalue weighted by Gasteiger charge is -2.34. The summed E-state index contributed by atoms with van der Waals surface area (Å²) in [5.41, 5.74) is 1.82. The van der Waals surface area contributed by atoms with E-state index in [4.69, 9.17) is 5.26 Å². The fraction of sp³-hybridized carbons (Fsp3) is 0.263. The lowest BCUT2D eigenvalue weighted by Crippen LogP contribution is -2.48. The maximum absolute atomic E-state index is 13.7. The maximum Gasteiger partial charge on any atom is 0.253 e. The Morgan fingerprint density at radius 2 is 1.71 bits per heavy atom. The SMILES string of the molecule is N#Cc1ccc(C(=O)N2CCN(Cc3ccccc3F)CC2)cc1. The fourth-order valence-corrected chi connectivity index (χ4v) is 2.85. The van der Waals surface area contributed by atoms with Crippen LogP contribution in [0.5, 0.6) is 0 Å². The number of benzene rings is 2. The highest BCUT2D eigenvalue weighted by Gasteiger charge is 2.22. The molecule has 0 aliphatic carbocycles. The number of amides is 1. The van der Waals surface area contributed by atoms with Gasteiger partial charge in [-0.1, -0.05) is 18.2 Å². The number of halogens is 1. The van der Waals surface area contributed by atoms with Gasteiger partial charge in [0.1, 0.15) is 5.82 Å². The summed E-state index contributed by atoms with van der Waals surface area (Å²) < 4.78 is 13.7. The summed E-state index contributed by atoms with van der Waals surface area (Å²) >= 11 is 0. The number of rotatable bonds is 3. The summed E-state index contributed by atoms with van der Waals surface area (Å²) in [6.45, 7) is 3.23. The van der Waals surface area contributed by atoms with Gasteiger partial charge >= 0.3 is 0 Å². The van der Waals surface area contributed by atoms with Crippen LogP contribution >= 0.6 is 0 Å². The van der Waals surface area contributed by atoms with Crippen LogP contribution < -0.4 is 0 Å². The molecule has 2 aromatic rings. The van der Waals surface area contributed by atoms with E-state index < -0.39 is 0 Å². The van der Waals surface area contributed by atoms with Crippen molar-refractivity contribution in [3.8, 4) is 6.07 Å². The Labute approximate surface area is 140 Å². The molecular formula is C19H18FN3O. The summed E-state index contributed by atoms with van der Waals surface area (Å²) in [5, 5.41) is 8.81. The van der Waals surface area contributed by atoms with E-state index in [2.05, 4.69) is 4.90 Å². The Morgan fingerprint density at radius 3 is 2.33 bits per heavy atom. The van der Waals surface area contributed by atoms with Crippen LogP contribution in [0.3, 0.4) is 0 Å². The third kappa shape index (κ3) is 3.61. The highest BCUT2D eigenvalue weighted by Crippen LogP contribution is 2.14. The van der Waals surface area contributed by atoms with Crippen molar-refractivity contribution in [1.29, 1.82) is 5.26 Å². The van der Waals surface area contributed by atoms with E-state index >= 15 is 0 Å². The number of carbonyl (C=O) groups is 1. The van der Waals surface area contributed by atoms with Crippen molar-refractivity contribution in [3.63, 3.8) is 0 Å². The molecule has 1 fully saturated rings. The predicted octanol–water partition coefficient (Wildman–Crippen LogP) is 2.66. The molecule has 0 unspecified atom stereocenters. The third-order valence-electron chi connectivity index (χ3n) is 4.27. The molecule has 1 heterocycles. The number of piperazine rings is 1. The molecule has 3 rings (SSSR count). The van der Waals surface area contributed by atoms with Crippen molar-refractivity contribution >= 4 is 5.91 Å². The van der Waals surface area contributed by atoms with Crippen LogP contribution in [0, 0.1) is 17.1 Å². The van der Waals surface area contributed by atoms with E-state index in [9.17, 15) is 9.18 Å². The fourth-order valence-electron chi connectivity index (χ4n) is 2.85. The van der Waals surface area contributed by atoms with Gasteiger partial charge in [0.25, 0.3) is 5.91 Å². The zero-order valence-corrected chi connectivity index (χ0v) is 13.3. The summed E-state index contributed by atoms with van der Waals surface area (Å²) in [6.07, 6.45) is 0. The standard InChI is InChI=1S/C19H18FN3O/c20-18-4-2-1-3-17(18)14-22-9-11-23(12-10-22)19(24)16-7-5-15(13-21)6-8-16/h1-8H,9-12,14H2. The van der Waals surface area contributed by atoms with Crippen LogP contribution in [0.15, 0.2) is 48.5 Å². The molecule has 0 N–H and O–H groups in total. The molecule has 4 nitrogen and oxygen atoms in total. The first-order valence-electron chi connectivity index (χ1n) is 7.92. The Hall–Kier alpha value is -2.71. The lowest BCUT2D eigenvalue weighted by molar-refractivity contribution is 0.0627. The highest BCUT2D eigenvalue weighted by molar-refractivity contribution is 5.94. The first kappa shape index (κ1) is 16.2. The molecule has 1 saturated heterocycles. The topological polar surface area (TPSA) is 47.3 Å². The minimum atomic E-state index is -0.186. The molecule has 2 aromatic carbocycles. The van der Waals surface area contributed by atoms with Gasteiger partial charge in [0.2, 0.25) is 0 Å². The van der Waals surface area contributed by atoms with Crippen LogP contribution in [-0.4, -0.2) is 41.9 Å². The molecule has 24 heavy (non-hydrogen) atoms. The van der Waals surface area contributed by atoms with E-state index in [0.717, 1.165) is 13.1 Å². The molecule has 0 aromatic heterocycles. The maximum atomic E-state index is 13.7. The van der Waals surface area contributed by atoms with Crippen LogP contribution in [0.25, 0.3) is 0 Å². The summed E-state index contributed by atoms with van der Waals surface area (Å²) in [4.78, 5) is 16.4. The molecule has 0 bridgehead atoms. The van der Waals surface area contributed by atoms with E-state index in [-0.39, 0.29) is 11.7 Å². The Bertz CT molecular complexity index is 759. The number of carbonyl (C=O) groups excluding carboxylic acids is 1. The molecule has 0 saturated carbocycles. The number of hydrogen-bond acceptors (Lipinski definition) is 3. The quantitative estimate of drug-likeness (QED) is 0.872. The van der Waals surface area contributed by atoms with Crippen LogP contribution in [0.2, 0.25) is 0 Å². The minimum absolute atomic E-state index is 0.0231. The van der Waals surface area contributed by atoms with Crippen LogP contribution in [-0.2, 0) is 6.54 Å². The Morgan fingerprint density at radius 1 is 1.04 bits per heavy atom. The molecule has 0 radical (unpaired) electrons.